The Morgan fingerprint density at radius 2 is 1.63 bits per heavy atom. The van der Waals surface area contributed by atoms with Crippen LogP contribution in [0, 0.1) is 11.8 Å². The van der Waals surface area contributed by atoms with Crippen LogP contribution in [0.5, 0.6) is 0 Å². The number of amides is 2. The molecule has 1 aliphatic heterocycles. The van der Waals surface area contributed by atoms with Gasteiger partial charge in [0.1, 0.15) is 5.76 Å². The van der Waals surface area contributed by atoms with Crippen LogP contribution in [-0.4, -0.2) is 43.6 Å². The van der Waals surface area contributed by atoms with Crippen molar-refractivity contribution >= 4 is 27.6 Å². The number of ketones is 1. The molecule has 0 radical (unpaired) electrons. The van der Waals surface area contributed by atoms with Crippen molar-refractivity contribution in [1.29, 1.82) is 0 Å². The highest BCUT2D eigenvalue weighted by atomic mass is 32.2. The molecule has 10 heteroatoms. The van der Waals surface area contributed by atoms with Crippen molar-refractivity contribution < 1.29 is 27.5 Å². The van der Waals surface area contributed by atoms with E-state index < -0.39 is 40.1 Å². The van der Waals surface area contributed by atoms with E-state index in [2.05, 4.69) is 15.7 Å². The number of ether oxygens (including phenoxy) is 1. The number of nitrogens with two attached hydrogens (primary N) is 1. The summed E-state index contributed by atoms with van der Waals surface area (Å²) in [5, 5.41) is 0. The third-order valence-corrected chi connectivity index (χ3v) is 9.79. The lowest BCUT2D eigenvalue weighted by molar-refractivity contribution is -0.134. The van der Waals surface area contributed by atoms with Crippen LogP contribution in [-0.2, 0) is 35.7 Å². The molecule has 0 bridgehead atoms. The molecule has 1 heterocycles. The number of carbonyl (C=O) groups is 3. The third-order valence-electron chi connectivity index (χ3n) is 8.40. The van der Waals surface area contributed by atoms with Gasteiger partial charge in [0.05, 0.1) is 16.9 Å². The molecule has 1 fully saturated rings. The first-order chi connectivity index (χ1) is 20.7. The Morgan fingerprint density at radius 3 is 2.26 bits per heavy atom. The summed E-state index contributed by atoms with van der Waals surface area (Å²) in [4.78, 5) is 40.6. The molecule has 9 nitrogen and oxygen atoms in total. The van der Waals surface area contributed by atoms with Gasteiger partial charge in [0.2, 0.25) is 5.78 Å². The van der Waals surface area contributed by atoms with Crippen LogP contribution in [0.1, 0.15) is 51.0 Å². The van der Waals surface area contributed by atoms with Gasteiger partial charge in [0, 0.05) is 17.8 Å². The smallest absolute Gasteiger partial charge is 0.289 e. The summed E-state index contributed by atoms with van der Waals surface area (Å²) in [6.45, 7) is 1.84. The molecule has 0 aromatic heterocycles. The molecule has 226 valence electrons. The van der Waals surface area contributed by atoms with Crippen molar-refractivity contribution in [2.75, 3.05) is 6.61 Å². The largest absolute Gasteiger partial charge is 0.487 e. The summed E-state index contributed by atoms with van der Waals surface area (Å²) in [6.07, 6.45) is 9.96. The van der Waals surface area contributed by atoms with Crippen molar-refractivity contribution in [3.8, 4) is 0 Å². The predicted octanol–water partition coefficient (Wildman–Crippen LogP) is 4.13. The molecule has 43 heavy (non-hydrogen) atoms. The van der Waals surface area contributed by atoms with Gasteiger partial charge >= 0.3 is 0 Å². The highest BCUT2D eigenvalue weighted by molar-refractivity contribution is 7.90. The van der Waals surface area contributed by atoms with Gasteiger partial charge in [-0.1, -0.05) is 80.8 Å². The molecule has 2 unspecified atom stereocenters. The number of hydrogen-bond acceptors (Lipinski definition) is 7. The van der Waals surface area contributed by atoms with E-state index in [1.165, 1.54) is 18.6 Å². The van der Waals surface area contributed by atoms with Crippen molar-refractivity contribution in [3.63, 3.8) is 0 Å². The van der Waals surface area contributed by atoms with Crippen LogP contribution in [0.15, 0.2) is 100 Å². The quantitative estimate of drug-likeness (QED) is 0.369. The number of benzene rings is 2. The van der Waals surface area contributed by atoms with E-state index in [4.69, 9.17) is 10.5 Å². The lowest BCUT2D eigenvalue weighted by Gasteiger charge is -2.36. The Labute approximate surface area is 252 Å². The normalized spacial score (nSPS) is 20.6. The Morgan fingerprint density at radius 1 is 0.977 bits per heavy atom. The minimum absolute atomic E-state index is 0.0416. The average molecular weight is 604 g/mol. The minimum atomic E-state index is -4.09. The van der Waals surface area contributed by atoms with Gasteiger partial charge in [-0.05, 0) is 54.5 Å². The Hall–Kier alpha value is -4.18. The topological polar surface area (TPSA) is 136 Å². The molecule has 3 N–H and O–H groups in total. The molecule has 5 rings (SSSR count). The predicted molar refractivity (Wildman–Crippen MR) is 161 cm³/mol. The summed E-state index contributed by atoms with van der Waals surface area (Å²) in [5.41, 5.74) is 8.61. The highest BCUT2D eigenvalue weighted by Crippen LogP contribution is 2.47. The zero-order valence-corrected chi connectivity index (χ0v) is 25.0. The second-order valence-electron chi connectivity index (χ2n) is 11.2. The van der Waals surface area contributed by atoms with Gasteiger partial charge in [-0.15, -0.1) is 0 Å². The molecular formula is C33H37N3O6S. The number of fused-ring (bicyclic) bond motifs is 1. The first kappa shape index (κ1) is 30.3. The third kappa shape index (κ3) is 6.59. The molecule has 2 aliphatic carbocycles. The maximum absolute atomic E-state index is 13.4. The SMILES string of the molecule is CCC1=C(C(=O)C(N)=O)C2C(OCC(=O)NS(=O)(=O)c3ccccc3)=CC(C3CCCCC3)=CC2N1Cc1ccccc1. The van der Waals surface area contributed by atoms with E-state index in [-0.39, 0.29) is 16.5 Å². The number of carbonyl (C=O) groups excluding carboxylic acids is 3. The van der Waals surface area contributed by atoms with Gasteiger partial charge in [0.25, 0.3) is 21.8 Å². The van der Waals surface area contributed by atoms with Gasteiger partial charge in [-0.3, -0.25) is 14.4 Å². The maximum Gasteiger partial charge on any atom is 0.289 e. The maximum atomic E-state index is 13.4. The number of nitrogens with zero attached hydrogens (tertiary/aromatic N) is 1. The molecule has 0 saturated heterocycles. The van der Waals surface area contributed by atoms with Crippen LogP contribution < -0.4 is 10.5 Å². The van der Waals surface area contributed by atoms with Crippen molar-refractivity contribution in [2.24, 2.45) is 17.6 Å². The first-order valence-corrected chi connectivity index (χ1v) is 16.2. The zero-order valence-electron chi connectivity index (χ0n) is 24.2. The van der Waals surface area contributed by atoms with Gasteiger partial charge in [-0.25, -0.2) is 13.1 Å². The molecule has 2 aromatic carbocycles. The standard InChI is InChI=1S/C33H37N3O6S/c1-2-26-31(32(38)33(34)39)30-27(36(26)20-22-12-6-3-7-13-22)18-24(23-14-8-4-9-15-23)19-28(30)42-21-29(37)35-43(40,41)25-16-10-5-11-17-25/h3,5-7,10-13,16-19,23,27,30H,2,4,8-9,14-15,20-21H2,1H3,(H2,34,39)(H,35,37). The van der Waals surface area contributed by atoms with Gasteiger partial charge < -0.3 is 15.4 Å². The van der Waals surface area contributed by atoms with E-state index in [0.717, 1.165) is 36.8 Å². The van der Waals surface area contributed by atoms with Crippen LogP contribution in [0.2, 0.25) is 0 Å². The Bertz CT molecular complexity index is 1570. The van der Waals surface area contributed by atoms with Crippen LogP contribution in [0.25, 0.3) is 0 Å². The number of Topliss-reactive ketones (excluding diaryl/α,β-unsaturated/α-hetero) is 1. The molecule has 2 amide bonds. The van der Waals surface area contributed by atoms with Crippen LogP contribution in [0.4, 0.5) is 0 Å². The second-order valence-corrected chi connectivity index (χ2v) is 12.9. The van der Waals surface area contributed by atoms with Crippen molar-refractivity contribution in [3.05, 3.63) is 101 Å². The van der Waals surface area contributed by atoms with Gasteiger partial charge in [0.15, 0.2) is 6.61 Å². The lowest BCUT2D eigenvalue weighted by Crippen LogP contribution is -2.38. The van der Waals surface area contributed by atoms with E-state index >= 15 is 0 Å². The average Bonchev–Trinajstić information content (AvgIpc) is 3.33. The molecule has 0 spiro atoms. The summed E-state index contributed by atoms with van der Waals surface area (Å²) >= 11 is 0. The summed E-state index contributed by atoms with van der Waals surface area (Å²) in [7, 11) is -4.09. The fourth-order valence-electron chi connectivity index (χ4n) is 6.45. The Balaban J connectivity index is 1.49. The van der Waals surface area contributed by atoms with Crippen LogP contribution >= 0.6 is 0 Å². The zero-order chi connectivity index (χ0) is 30.6. The van der Waals surface area contributed by atoms with E-state index in [1.54, 1.807) is 18.2 Å². The highest BCUT2D eigenvalue weighted by Gasteiger charge is 2.47. The molecule has 1 saturated carbocycles. The summed E-state index contributed by atoms with van der Waals surface area (Å²) in [6, 6.07) is 17.1. The second kappa shape index (κ2) is 13.0. The summed E-state index contributed by atoms with van der Waals surface area (Å²) < 4.78 is 33.6. The van der Waals surface area contributed by atoms with Crippen LogP contribution in [0.3, 0.4) is 0 Å². The number of allylic oxidation sites excluding steroid dienone is 3. The number of rotatable bonds is 11. The van der Waals surface area contributed by atoms with Crippen molar-refractivity contribution in [1.82, 2.24) is 9.62 Å². The van der Waals surface area contributed by atoms with Crippen molar-refractivity contribution in [2.45, 2.75) is 62.9 Å². The fraction of sp³-hybridized carbons (Fsp3) is 0.364. The Kier molecular flexibility index (Phi) is 9.15. The molecule has 2 aromatic rings. The molecule has 3 aliphatic rings. The number of nitrogens with one attached hydrogen (secondary N) is 1. The van der Waals surface area contributed by atoms with E-state index in [1.807, 2.05) is 43.3 Å². The first-order valence-electron chi connectivity index (χ1n) is 14.7. The minimum Gasteiger partial charge on any atom is -0.487 e. The monoisotopic (exact) mass is 603 g/mol. The summed E-state index contributed by atoms with van der Waals surface area (Å²) in [5.74, 6) is -2.73. The fourth-order valence-corrected chi connectivity index (χ4v) is 7.44. The lowest BCUT2D eigenvalue weighted by atomic mass is 9.77. The molecule has 2 atom stereocenters. The molecular weight excluding hydrogens is 566 g/mol. The van der Waals surface area contributed by atoms with Gasteiger partial charge in [-0.2, -0.15) is 0 Å². The number of primary amides is 1. The number of sulfonamides is 1. The van der Waals surface area contributed by atoms with E-state index in [9.17, 15) is 22.8 Å². The van der Waals surface area contributed by atoms with E-state index in [0.29, 0.717) is 30.3 Å². The number of hydrogen-bond donors (Lipinski definition) is 2.